The molecule has 2 aromatic carbocycles. The Morgan fingerprint density at radius 3 is 2.65 bits per heavy atom. The molecule has 0 saturated carbocycles. The summed E-state index contributed by atoms with van der Waals surface area (Å²) in [4.78, 5) is 13.3. The number of benzene rings is 2. The van der Waals surface area contributed by atoms with Crippen LogP contribution in [-0.4, -0.2) is 42.6 Å². The van der Waals surface area contributed by atoms with Crippen molar-refractivity contribution in [1.82, 2.24) is 4.90 Å². The fraction of sp³-hybridized carbons (Fsp3) is 0.333. The minimum atomic E-state index is 0.204. The number of anilines is 1. The Balaban J connectivity index is 1.72. The molecule has 1 fully saturated rings. The third kappa shape index (κ3) is 3.78. The molecule has 26 heavy (non-hydrogen) atoms. The van der Waals surface area contributed by atoms with Gasteiger partial charge >= 0.3 is 0 Å². The van der Waals surface area contributed by atoms with Crippen LogP contribution in [0.2, 0.25) is 0 Å². The standard InChI is InChI=1S/C21H25N3O2/c1-3-16-11-18(12-24(16)2)26-17-7-5-15(6-8-17)21(23)19-10-14(13-25)4-9-20(19)22/h4-10,13,16,18,23H,3,11-12,22H2,1-2H3. The maximum atomic E-state index is 11.0. The van der Waals surface area contributed by atoms with Crippen molar-refractivity contribution in [2.45, 2.75) is 31.9 Å². The Bertz CT molecular complexity index is 801. The summed E-state index contributed by atoms with van der Waals surface area (Å²) in [5.41, 5.74) is 8.57. The number of nitrogens with zero attached hydrogens (tertiary/aromatic N) is 1. The molecule has 136 valence electrons. The van der Waals surface area contributed by atoms with E-state index in [1.54, 1.807) is 18.2 Å². The summed E-state index contributed by atoms with van der Waals surface area (Å²) in [6.07, 6.45) is 3.14. The van der Waals surface area contributed by atoms with E-state index < -0.39 is 0 Å². The molecule has 2 unspecified atom stereocenters. The van der Waals surface area contributed by atoms with Crippen molar-refractivity contribution in [3.63, 3.8) is 0 Å². The van der Waals surface area contributed by atoms with Gasteiger partial charge in [0.2, 0.25) is 0 Å². The van der Waals surface area contributed by atoms with Crippen LogP contribution in [0.4, 0.5) is 5.69 Å². The van der Waals surface area contributed by atoms with Crippen LogP contribution in [0.1, 0.15) is 41.3 Å². The van der Waals surface area contributed by atoms with Gasteiger partial charge in [-0.25, -0.2) is 0 Å². The predicted octanol–water partition coefficient (Wildman–Crippen LogP) is 3.36. The zero-order valence-corrected chi connectivity index (χ0v) is 15.2. The lowest BCUT2D eigenvalue weighted by Crippen LogP contribution is -2.25. The van der Waals surface area contributed by atoms with Crippen LogP contribution in [0.5, 0.6) is 5.75 Å². The van der Waals surface area contributed by atoms with Gasteiger partial charge in [-0.1, -0.05) is 6.92 Å². The van der Waals surface area contributed by atoms with Gasteiger partial charge in [-0.3, -0.25) is 15.1 Å². The fourth-order valence-corrected chi connectivity index (χ4v) is 3.50. The first kappa shape index (κ1) is 18.1. The third-order valence-corrected chi connectivity index (χ3v) is 5.05. The zero-order chi connectivity index (χ0) is 18.7. The summed E-state index contributed by atoms with van der Waals surface area (Å²) in [7, 11) is 2.14. The van der Waals surface area contributed by atoms with E-state index in [2.05, 4.69) is 18.9 Å². The van der Waals surface area contributed by atoms with E-state index in [-0.39, 0.29) is 6.10 Å². The SMILES string of the molecule is CCC1CC(Oc2ccc(C(=N)c3cc(C=O)ccc3N)cc2)CN1C. The average molecular weight is 351 g/mol. The number of nitrogens with one attached hydrogen (secondary N) is 1. The monoisotopic (exact) mass is 351 g/mol. The van der Waals surface area contributed by atoms with Gasteiger partial charge in [-0.15, -0.1) is 0 Å². The Morgan fingerprint density at radius 1 is 1.31 bits per heavy atom. The number of ether oxygens (including phenoxy) is 1. The second kappa shape index (κ2) is 7.70. The van der Waals surface area contributed by atoms with Crippen LogP contribution in [0.3, 0.4) is 0 Å². The molecule has 0 amide bonds. The number of likely N-dealkylation sites (tertiary alicyclic amines) is 1. The highest BCUT2D eigenvalue weighted by Gasteiger charge is 2.29. The second-order valence-corrected chi connectivity index (χ2v) is 6.84. The van der Waals surface area contributed by atoms with E-state index in [0.717, 1.165) is 37.0 Å². The second-order valence-electron chi connectivity index (χ2n) is 6.84. The van der Waals surface area contributed by atoms with Gasteiger partial charge in [0.25, 0.3) is 0 Å². The number of hydrogen-bond acceptors (Lipinski definition) is 5. The maximum absolute atomic E-state index is 11.0. The highest BCUT2D eigenvalue weighted by Crippen LogP contribution is 2.25. The van der Waals surface area contributed by atoms with Crippen molar-refractivity contribution in [3.8, 4) is 5.75 Å². The summed E-state index contributed by atoms with van der Waals surface area (Å²) < 4.78 is 6.10. The normalized spacial score (nSPS) is 20.1. The average Bonchev–Trinajstić information content (AvgIpc) is 3.01. The van der Waals surface area contributed by atoms with Crippen LogP contribution in [0, 0.1) is 5.41 Å². The summed E-state index contributed by atoms with van der Waals surface area (Å²) in [5.74, 6) is 0.811. The highest BCUT2D eigenvalue weighted by molar-refractivity contribution is 6.14. The molecule has 0 aromatic heterocycles. The molecule has 0 aliphatic carbocycles. The minimum absolute atomic E-state index is 0.204. The topological polar surface area (TPSA) is 79.4 Å². The van der Waals surface area contributed by atoms with Crippen molar-refractivity contribution >= 4 is 17.7 Å². The maximum Gasteiger partial charge on any atom is 0.150 e. The molecule has 1 aliphatic rings. The molecule has 2 atom stereocenters. The van der Waals surface area contributed by atoms with E-state index in [1.807, 2.05) is 24.3 Å². The molecular weight excluding hydrogens is 326 g/mol. The van der Waals surface area contributed by atoms with Gasteiger partial charge in [-0.2, -0.15) is 0 Å². The molecule has 1 aliphatic heterocycles. The van der Waals surface area contributed by atoms with E-state index >= 15 is 0 Å². The molecule has 3 N–H and O–H groups in total. The van der Waals surface area contributed by atoms with Gasteiger partial charge in [0.05, 0.1) is 5.71 Å². The predicted molar refractivity (Wildman–Crippen MR) is 104 cm³/mol. The summed E-state index contributed by atoms with van der Waals surface area (Å²) >= 11 is 0. The summed E-state index contributed by atoms with van der Waals surface area (Å²) in [5, 5.41) is 8.41. The largest absolute Gasteiger partial charge is 0.489 e. The van der Waals surface area contributed by atoms with E-state index in [0.29, 0.717) is 28.6 Å². The number of rotatable bonds is 6. The van der Waals surface area contributed by atoms with Crippen molar-refractivity contribution in [2.75, 3.05) is 19.3 Å². The lowest BCUT2D eigenvalue weighted by Gasteiger charge is -2.15. The van der Waals surface area contributed by atoms with Gasteiger partial charge in [-0.05, 0) is 55.9 Å². The number of carbonyl (C=O) groups excluding carboxylic acids is 1. The molecule has 2 aromatic rings. The van der Waals surface area contributed by atoms with Crippen LogP contribution in [0.15, 0.2) is 42.5 Å². The highest BCUT2D eigenvalue weighted by atomic mass is 16.5. The van der Waals surface area contributed by atoms with Crippen LogP contribution >= 0.6 is 0 Å². The van der Waals surface area contributed by atoms with Crippen molar-refractivity contribution < 1.29 is 9.53 Å². The van der Waals surface area contributed by atoms with Crippen molar-refractivity contribution in [1.29, 1.82) is 5.41 Å². The number of nitrogen functional groups attached to an aromatic ring is 1. The fourth-order valence-electron chi connectivity index (χ4n) is 3.50. The summed E-state index contributed by atoms with van der Waals surface area (Å²) in [6.45, 7) is 3.14. The van der Waals surface area contributed by atoms with Crippen molar-refractivity contribution in [3.05, 3.63) is 59.2 Å². The smallest absolute Gasteiger partial charge is 0.150 e. The van der Waals surface area contributed by atoms with E-state index in [4.69, 9.17) is 15.9 Å². The lowest BCUT2D eigenvalue weighted by atomic mass is 9.99. The molecule has 5 heteroatoms. The van der Waals surface area contributed by atoms with Crippen LogP contribution in [-0.2, 0) is 0 Å². The number of aldehydes is 1. The third-order valence-electron chi connectivity index (χ3n) is 5.05. The Hall–Kier alpha value is -2.66. The lowest BCUT2D eigenvalue weighted by molar-refractivity contribution is 0.112. The Morgan fingerprint density at radius 2 is 2.04 bits per heavy atom. The first-order valence-corrected chi connectivity index (χ1v) is 8.92. The Kier molecular flexibility index (Phi) is 5.38. The number of likely N-dealkylation sites (N-methyl/N-ethyl adjacent to an activating group) is 1. The van der Waals surface area contributed by atoms with Crippen LogP contribution in [0.25, 0.3) is 0 Å². The van der Waals surface area contributed by atoms with Crippen molar-refractivity contribution in [2.24, 2.45) is 0 Å². The Labute approximate surface area is 154 Å². The molecule has 1 saturated heterocycles. The molecule has 0 bridgehead atoms. The molecule has 5 nitrogen and oxygen atoms in total. The zero-order valence-electron chi connectivity index (χ0n) is 15.2. The number of nitrogens with two attached hydrogens (primary N) is 1. The molecule has 0 radical (unpaired) electrons. The van der Waals surface area contributed by atoms with Gasteiger partial charge in [0.15, 0.2) is 0 Å². The number of hydrogen-bond donors (Lipinski definition) is 2. The molecule has 0 spiro atoms. The first-order chi connectivity index (χ1) is 12.5. The van der Waals surface area contributed by atoms with Gasteiger partial charge < -0.3 is 10.5 Å². The van der Waals surface area contributed by atoms with Crippen LogP contribution < -0.4 is 10.5 Å². The minimum Gasteiger partial charge on any atom is -0.489 e. The van der Waals surface area contributed by atoms with E-state index in [1.165, 1.54) is 0 Å². The van der Waals surface area contributed by atoms with Gasteiger partial charge in [0.1, 0.15) is 18.1 Å². The molecule has 3 rings (SSSR count). The van der Waals surface area contributed by atoms with Gasteiger partial charge in [0, 0.05) is 41.4 Å². The first-order valence-electron chi connectivity index (χ1n) is 8.92. The van der Waals surface area contributed by atoms with E-state index in [9.17, 15) is 4.79 Å². The number of carbonyl (C=O) groups is 1. The molecule has 1 heterocycles. The quantitative estimate of drug-likeness (QED) is 0.475. The summed E-state index contributed by atoms with van der Waals surface area (Å²) in [6, 6.07) is 13.0. The molecular formula is C21H25N3O2.